The van der Waals surface area contributed by atoms with Gasteiger partial charge in [0.2, 0.25) is 0 Å². The summed E-state index contributed by atoms with van der Waals surface area (Å²) in [6, 6.07) is 8.64. The van der Waals surface area contributed by atoms with E-state index in [9.17, 15) is 0 Å². The molecule has 1 aromatic rings. The van der Waals surface area contributed by atoms with Crippen LogP contribution in [-0.4, -0.2) is 25.9 Å². The quantitative estimate of drug-likeness (QED) is 0.696. The number of methoxy groups -OCH3 is 1. The van der Waals surface area contributed by atoms with Crippen molar-refractivity contribution in [3.8, 4) is 5.75 Å². The number of nitrogens with one attached hydrogen (secondary N) is 1. The smallest absolute Gasteiger partial charge is 0.124 e. The fourth-order valence-electron chi connectivity index (χ4n) is 2.34. The molecule has 0 saturated heterocycles. The number of ether oxygens (including phenoxy) is 2. The molecule has 0 radical (unpaired) electrons. The lowest BCUT2D eigenvalue weighted by Gasteiger charge is -2.27. The Balaban J connectivity index is 2.86. The number of rotatable bonds is 10. The van der Waals surface area contributed by atoms with Crippen LogP contribution in [0.3, 0.4) is 0 Å². The van der Waals surface area contributed by atoms with Crippen molar-refractivity contribution < 1.29 is 9.47 Å². The van der Waals surface area contributed by atoms with Crippen LogP contribution in [0.25, 0.3) is 0 Å². The van der Waals surface area contributed by atoms with Crippen molar-refractivity contribution in [2.45, 2.75) is 58.6 Å². The van der Waals surface area contributed by atoms with Crippen molar-refractivity contribution in [3.05, 3.63) is 29.8 Å². The highest BCUT2D eigenvalue weighted by molar-refractivity contribution is 5.36. The predicted molar refractivity (Wildman–Crippen MR) is 89.0 cm³/mol. The monoisotopic (exact) mass is 293 g/mol. The summed E-state index contributed by atoms with van der Waals surface area (Å²) < 4.78 is 11.3. The van der Waals surface area contributed by atoms with Gasteiger partial charge in [0.1, 0.15) is 5.75 Å². The van der Waals surface area contributed by atoms with E-state index in [0.717, 1.165) is 31.6 Å². The molecular formula is C18H31NO2. The van der Waals surface area contributed by atoms with E-state index in [1.54, 1.807) is 7.11 Å². The lowest BCUT2D eigenvalue weighted by molar-refractivity contribution is 0.0116. The van der Waals surface area contributed by atoms with Crippen LogP contribution in [0.1, 0.15) is 58.6 Å². The summed E-state index contributed by atoms with van der Waals surface area (Å²) in [4.78, 5) is 0. The molecule has 0 aliphatic heterocycles. The van der Waals surface area contributed by atoms with Gasteiger partial charge in [0.15, 0.2) is 0 Å². The molecule has 0 heterocycles. The van der Waals surface area contributed by atoms with Crippen molar-refractivity contribution in [1.82, 2.24) is 5.32 Å². The van der Waals surface area contributed by atoms with Crippen LogP contribution in [0.15, 0.2) is 24.3 Å². The van der Waals surface area contributed by atoms with E-state index in [2.05, 4.69) is 44.3 Å². The highest BCUT2D eigenvalue weighted by Crippen LogP contribution is 2.30. The third-order valence-corrected chi connectivity index (χ3v) is 3.82. The minimum absolute atomic E-state index is 0.0906. The Bertz CT molecular complexity index is 404. The van der Waals surface area contributed by atoms with E-state index in [0.29, 0.717) is 12.6 Å². The van der Waals surface area contributed by atoms with Gasteiger partial charge in [-0.3, -0.25) is 0 Å². The highest BCUT2D eigenvalue weighted by Gasteiger charge is 2.21. The first kappa shape index (κ1) is 18.0. The normalized spacial score (nSPS) is 13.2. The first-order chi connectivity index (χ1) is 10.0. The minimum Gasteiger partial charge on any atom is -0.494 e. The highest BCUT2D eigenvalue weighted by atomic mass is 16.5. The van der Waals surface area contributed by atoms with Crippen LogP contribution < -0.4 is 10.1 Å². The summed E-state index contributed by atoms with van der Waals surface area (Å²) >= 11 is 0. The van der Waals surface area contributed by atoms with Gasteiger partial charge in [-0.25, -0.2) is 0 Å². The summed E-state index contributed by atoms with van der Waals surface area (Å²) in [7, 11) is 1.78. The summed E-state index contributed by atoms with van der Waals surface area (Å²) in [6.45, 7) is 10.2. The topological polar surface area (TPSA) is 30.5 Å². The second-order valence-electron chi connectivity index (χ2n) is 5.98. The molecule has 0 spiro atoms. The van der Waals surface area contributed by atoms with Crippen LogP contribution in [0, 0.1) is 0 Å². The lowest BCUT2D eigenvalue weighted by atomic mass is 9.94. The van der Waals surface area contributed by atoms with E-state index >= 15 is 0 Å². The Hall–Kier alpha value is -1.06. The van der Waals surface area contributed by atoms with E-state index in [-0.39, 0.29) is 5.60 Å². The Kier molecular flexibility index (Phi) is 7.76. The van der Waals surface area contributed by atoms with Crippen molar-refractivity contribution in [1.29, 1.82) is 0 Å². The molecule has 0 amide bonds. The van der Waals surface area contributed by atoms with E-state index < -0.39 is 0 Å². The van der Waals surface area contributed by atoms with Gasteiger partial charge >= 0.3 is 0 Å². The maximum absolute atomic E-state index is 5.78. The van der Waals surface area contributed by atoms with Gasteiger partial charge < -0.3 is 14.8 Å². The van der Waals surface area contributed by atoms with Crippen LogP contribution in [0.4, 0.5) is 0 Å². The molecule has 0 bridgehead atoms. The van der Waals surface area contributed by atoms with Crippen LogP contribution in [0.2, 0.25) is 0 Å². The van der Waals surface area contributed by atoms with Crippen LogP contribution >= 0.6 is 0 Å². The Morgan fingerprint density at radius 2 is 1.90 bits per heavy atom. The van der Waals surface area contributed by atoms with E-state index in [1.807, 2.05) is 13.0 Å². The van der Waals surface area contributed by atoms with Gasteiger partial charge in [-0.05, 0) is 52.6 Å². The second kappa shape index (κ2) is 9.06. The molecule has 0 aromatic heterocycles. The third-order valence-electron chi connectivity index (χ3n) is 3.82. The van der Waals surface area contributed by atoms with Crippen molar-refractivity contribution in [2.24, 2.45) is 0 Å². The zero-order chi connectivity index (χ0) is 15.7. The van der Waals surface area contributed by atoms with Crippen LogP contribution in [-0.2, 0) is 4.74 Å². The summed E-state index contributed by atoms with van der Waals surface area (Å²) in [6.07, 6.45) is 3.16. The largest absolute Gasteiger partial charge is 0.494 e. The Labute approximate surface area is 130 Å². The van der Waals surface area contributed by atoms with Gasteiger partial charge in [0.05, 0.1) is 12.2 Å². The molecule has 1 atom stereocenters. The van der Waals surface area contributed by atoms with E-state index in [4.69, 9.17) is 9.47 Å². The molecule has 0 aliphatic rings. The average molecular weight is 293 g/mol. The molecular weight excluding hydrogens is 262 g/mol. The van der Waals surface area contributed by atoms with Gasteiger partial charge in [-0.1, -0.05) is 25.1 Å². The molecule has 120 valence electrons. The zero-order valence-electron chi connectivity index (χ0n) is 14.2. The first-order valence-electron chi connectivity index (χ1n) is 8.04. The number of benzene rings is 1. The molecule has 0 aliphatic carbocycles. The maximum atomic E-state index is 5.78. The third kappa shape index (κ3) is 6.06. The van der Waals surface area contributed by atoms with Gasteiger partial charge in [0.25, 0.3) is 0 Å². The fraction of sp³-hybridized carbons (Fsp3) is 0.667. The predicted octanol–water partition coefficient (Wildman–Crippen LogP) is 4.33. The summed E-state index contributed by atoms with van der Waals surface area (Å²) in [5.41, 5.74) is 1.16. The molecule has 21 heavy (non-hydrogen) atoms. The summed E-state index contributed by atoms with van der Waals surface area (Å²) in [5, 5.41) is 3.65. The van der Waals surface area contributed by atoms with Crippen molar-refractivity contribution in [3.63, 3.8) is 0 Å². The molecule has 1 rings (SSSR count). The maximum Gasteiger partial charge on any atom is 0.124 e. The first-order valence-corrected chi connectivity index (χ1v) is 8.04. The minimum atomic E-state index is -0.0906. The lowest BCUT2D eigenvalue weighted by Crippen LogP contribution is -2.28. The van der Waals surface area contributed by atoms with Gasteiger partial charge in [-0.2, -0.15) is 0 Å². The Morgan fingerprint density at radius 3 is 2.52 bits per heavy atom. The van der Waals surface area contributed by atoms with Crippen molar-refractivity contribution >= 4 is 0 Å². The standard InChI is InChI=1S/C18H31NO2/c1-6-14-19-16(12-13-18(3,4)20-5)15-10-8-9-11-17(15)21-7-2/h8-11,16,19H,6-7,12-14H2,1-5H3. The Morgan fingerprint density at radius 1 is 1.19 bits per heavy atom. The SMILES string of the molecule is CCCNC(CCC(C)(C)OC)c1ccccc1OCC. The number of hydrogen-bond acceptors (Lipinski definition) is 3. The number of para-hydroxylation sites is 1. The zero-order valence-corrected chi connectivity index (χ0v) is 14.2. The van der Waals surface area contributed by atoms with Gasteiger partial charge in [-0.15, -0.1) is 0 Å². The average Bonchev–Trinajstić information content (AvgIpc) is 2.49. The summed E-state index contributed by atoms with van der Waals surface area (Å²) in [5.74, 6) is 0.990. The molecule has 1 aromatic carbocycles. The van der Waals surface area contributed by atoms with Crippen molar-refractivity contribution in [2.75, 3.05) is 20.3 Å². The van der Waals surface area contributed by atoms with Gasteiger partial charge in [0, 0.05) is 18.7 Å². The van der Waals surface area contributed by atoms with Crippen LogP contribution in [0.5, 0.6) is 5.75 Å². The van der Waals surface area contributed by atoms with E-state index in [1.165, 1.54) is 5.56 Å². The number of hydrogen-bond donors (Lipinski definition) is 1. The molecule has 0 saturated carbocycles. The molecule has 3 nitrogen and oxygen atoms in total. The molecule has 1 N–H and O–H groups in total. The molecule has 3 heteroatoms. The molecule has 0 fully saturated rings. The fourth-order valence-corrected chi connectivity index (χ4v) is 2.34. The molecule has 1 unspecified atom stereocenters. The second-order valence-corrected chi connectivity index (χ2v) is 5.98.